The minimum absolute atomic E-state index is 0.206. The Morgan fingerprint density at radius 3 is 2.20 bits per heavy atom. The Labute approximate surface area is 132 Å². The van der Waals surface area contributed by atoms with Gasteiger partial charge in [0.15, 0.2) is 0 Å². The lowest BCUT2D eigenvalue weighted by Crippen LogP contribution is -2.57. The van der Waals surface area contributed by atoms with Crippen LogP contribution in [-0.2, 0) is 6.42 Å². The van der Waals surface area contributed by atoms with E-state index in [4.69, 9.17) is 23.2 Å². The van der Waals surface area contributed by atoms with Gasteiger partial charge in [0, 0.05) is 21.6 Å². The Morgan fingerprint density at radius 2 is 1.75 bits per heavy atom. The summed E-state index contributed by atoms with van der Waals surface area (Å²) in [5.41, 5.74) is 1.26. The zero-order valence-corrected chi connectivity index (χ0v) is 14.1. The van der Waals surface area contributed by atoms with Gasteiger partial charge in [-0.05, 0) is 58.1 Å². The summed E-state index contributed by atoms with van der Waals surface area (Å²) in [5.74, 6) is 0. The highest BCUT2D eigenvalue weighted by Gasteiger charge is 2.42. The molecule has 1 N–H and O–H groups in total. The molecule has 0 bridgehead atoms. The first-order valence-corrected chi connectivity index (χ1v) is 8.04. The standard InChI is InChI=1S/C16H24Cl2N2/c1-19-15(16(20(2)3)9-4-5-10-16)11-12-13(17)7-6-8-14(12)18/h6-8,15,19H,4-5,9-11H2,1-3H3. The average molecular weight is 315 g/mol. The van der Waals surface area contributed by atoms with Crippen LogP contribution in [-0.4, -0.2) is 37.6 Å². The number of halogens is 2. The van der Waals surface area contributed by atoms with Crippen molar-refractivity contribution in [3.63, 3.8) is 0 Å². The molecule has 0 aliphatic heterocycles. The van der Waals surface area contributed by atoms with Crippen molar-refractivity contribution in [2.45, 2.75) is 43.7 Å². The van der Waals surface area contributed by atoms with Crippen molar-refractivity contribution < 1.29 is 0 Å². The molecule has 1 aliphatic carbocycles. The highest BCUT2D eigenvalue weighted by atomic mass is 35.5. The molecular formula is C16H24Cl2N2. The summed E-state index contributed by atoms with van der Waals surface area (Å²) in [7, 11) is 6.41. The fraction of sp³-hybridized carbons (Fsp3) is 0.625. The molecule has 1 atom stereocenters. The van der Waals surface area contributed by atoms with Gasteiger partial charge < -0.3 is 10.2 Å². The number of nitrogens with zero attached hydrogens (tertiary/aromatic N) is 1. The van der Waals surface area contributed by atoms with Crippen LogP contribution in [0.4, 0.5) is 0 Å². The molecule has 112 valence electrons. The Bertz CT molecular complexity index is 434. The number of likely N-dealkylation sites (N-methyl/N-ethyl adjacent to an activating group) is 2. The zero-order chi connectivity index (χ0) is 14.8. The second kappa shape index (κ2) is 6.65. The first kappa shape index (κ1) is 16.1. The van der Waals surface area contributed by atoms with Gasteiger partial charge in [0.25, 0.3) is 0 Å². The molecule has 0 amide bonds. The molecule has 4 heteroatoms. The van der Waals surface area contributed by atoms with Crippen LogP contribution in [0.2, 0.25) is 10.0 Å². The zero-order valence-electron chi connectivity index (χ0n) is 12.5. The normalized spacial score (nSPS) is 19.5. The van der Waals surface area contributed by atoms with Crippen LogP contribution in [0.1, 0.15) is 31.2 Å². The number of benzene rings is 1. The molecule has 1 unspecified atom stereocenters. The summed E-state index contributed by atoms with van der Waals surface area (Å²) in [5, 5.41) is 5.05. The van der Waals surface area contributed by atoms with E-state index >= 15 is 0 Å². The monoisotopic (exact) mass is 314 g/mol. The summed E-state index contributed by atoms with van der Waals surface area (Å²) in [6, 6.07) is 6.11. The van der Waals surface area contributed by atoms with Gasteiger partial charge in [0.1, 0.15) is 0 Å². The number of rotatable bonds is 5. The van der Waals surface area contributed by atoms with Crippen LogP contribution in [0.5, 0.6) is 0 Å². The van der Waals surface area contributed by atoms with E-state index in [0.29, 0.717) is 6.04 Å². The van der Waals surface area contributed by atoms with Gasteiger partial charge in [-0.15, -0.1) is 0 Å². The van der Waals surface area contributed by atoms with Crippen LogP contribution in [0.15, 0.2) is 18.2 Å². The third-order valence-electron chi connectivity index (χ3n) is 4.83. The Hall–Kier alpha value is -0.280. The Morgan fingerprint density at radius 1 is 1.20 bits per heavy atom. The average Bonchev–Trinajstić information content (AvgIpc) is 2.89. The molecule has 2 rings (SSSR count). The highest BCUT2D eigenvalue weighted by Crippen LogP contribution is 2.39. The van der Waals surface area contributed by atoms with Crippen molar-refractivity contribution in [1.29, 1.82) is 0 Å². The summed E-state index contributed by atoms with van der Waals surface area (Å²) >= 11 is 12.7. The van der Waals surface area contributed by atoms with E-state index in [1.165, 1.54) is 25.7 Å². The van der Waals surface area contributed by atoms with Crippen LogP contribution < -0.4 is 5.32 Å². The second-order valence-electron chi connectivity index (χ2n) is 5.95. The first-order valence-electron chi connectivity index (χ1n) is 7.29. The highest BCUT2D eigenvalue weighted by molar-refractivity contribution is 6.36. The maximum atomic E-state index is 6.34. The molecule has 1 aromatic rings. The summed E-state index contributed by atoms with van der Waals surface area (Å²) in [4.78, 5) is 2.38. The Balaban J connectivity index is 2.28. The fourth-order valence-electron chi connectivity index (χ4n) is 3.59. The van der Waals surface area contributed by atoms with E-state index in [1.54, 1.807) is 0 Å². The van der Waals surface area contributed by atoms with Gasteiger partial charge in [-0.2, -0.15) is 0 Å². The molecule has 20 heavy (non-hydrogen) atoms. The topological polar surface area (TPSA) is 15.3 Å². The fourth-order valence-corrected chi connectivity index (χ4v) is 4.14. The maximum absolute atomic E-state index is 6.34. The van der Waals surface area contributed by atoms with Crippen LogP contribution in [0, 0.1) is 0 Å². The van der Waals surface area contributed by atoms with Crippen molar-refractivity contribution in [1.82, 2.24) is 10.2 Å². The van der Waals surface area contributed by atoms with Crippen molar-refractivity contribution in [3.8, 4) is 0 Å². The van der Waals surface area contributed by atoms with Gasteiger partial charge in [-0.3, -0.25) is 0 Å². The van der Waals surface area contributed by atoms with E-state index in [0.717, 1.165) is 22.0 Å². The molecule has 1 fully saturated rings. The summed E-state index contributed by atoms with van der Waals surface area (Å²) in [6.45, 7) is 0. The lowest BCUT2D eigenvalue weighted by Gasteiger charge is -2.43. The van der Waals surface area contributed by atoms with E-state index in [9.17, 15) is 0 Å². The molecule has 1 aromatic carbocycles. The van der Waals surface area contributed by atoms with E-state index in [-0.39, 0.29) is 5.54 Å². The number of nitrogens with one attached hydrogen (secondary N) is 1. The molecular weight excluding hydrogens is 291 g/mol. The van der Waals surface area contributed by atoms with E-state index < -0.39 is 0 Å². The van der Waals surface area contributed by atoms with E-state index in [2.05, 4.69) is 24.3 Å². The summed E-state index contributed by atoms with van der Waals surface area (Å²) < 4.78 is 0. The van der Waals surface area contributed by atoms with Gasteiger partial charge >= 0.3 is 0 Å². The van der Waals surface area contributed by atoms with E-state index in [1.807, 2.05) is 25.2 Å². The molecule has 0 aromatic heterocycles. The summed E-state index contributed by atoms with van der Waals surface area (Å²) in [6.07, 6.45) is 5.92. The third-order valence-corrected chi connectivity index (χ3v) is 5.54. The smallest absolute Gasteiger partial charge is 0.0453 e. The first-order chi connectivity index (χ1) is 9.51. The molecule has 1 saturated carbocycles. The van der Waals surface area contributed by atoms with Gasteiger partial charge in [-0.25, -0.2) is 0 Å². The van der Waals surface area contributed by atoms with Crippen molar-refractivity contribution >= 4 is 23.2 Å². The van der Waals surface area contributed by atoms with Crippen molar-refractivity contribution in [3.05, 3.63) is 33.8 Å². The molecule has 1 aliphatic rings. The molecule has 2 nitrogen and oxygen atoms in total. The van der Waals surface area contributed by atoms with Crippen LogP contribution >= 0.6 is 23.2 Å². The molecule has 0 radical (unpaired) electrons. The van der Waals surface area contributed by atoms with Crippen molar-refractivity contribution in [2.24, 2.45) is 0 Å². The molecule has 0 heterocycles. The third kappa shape index (κ3) is 2.99. The lowest BCUT2D eigenvalue weighted by molar-refractivity contribution is 0.108. The van der Waals surface area contributed by atoms with Crippen LogP contribution in [0.25, 0.3) is 0 Å². The minimum atomic E-state index is 0.206. The predicted molar refractivity (Wildman–Crippen MR) is 87.9 cm³/mol. The van der Waals surface area contributed by atoms with Crippen molar-refractivity contribution in [2.75, 3.05) is 21.1 Å². The lowest BCUT2D eigenvalue weighted by atomic mass is 9.83. The number of hydrogen-bond donors (Lipinski definition) is 1. The maximum Gasteiger partial charge on any atom is 0.0453 e. The quantitative estimate of drug-likeness (QED) is 0.883. The largest absolute Gasteiger partial charge is 0.315 e. The van der Waals surface area contributed by atoms with Crippen LogP contribution in [0.3, 0.4) is 0 Å². The Kier molecular flexibility index (Phi) is 5.36. The van der Waals surface area contributed by atoms with Gasteiger partial charge in [0.05, 0.1) is 0 Å². The van der Waals surface area contributed by atoms with Gasteiger partial charge in [0.2, 0.25) is 0 Å². The molecule has 0 saturated heterocycles. The number of hydrogen-bond acceptors (Lipinski definition) is 2. The minimum Gasteiger partial charge on any atom is -0.315 e. The second-order valence-corrected chi connectivity index (χ2v) is 6.77. The molecule has 0 spiro atoms. The van der Waals surface area contributed by atoms with Gasteiger partial charge in [-0.1, -0.05) is 42.1 Å². The SMILES string of the molecule is CNC(Cc1c(Cl)cccc1Cl)C1(N(C)C)CCCC1. The predicted octanol–water partition coefficient (Wildman–Crippen LogP) is 4.00.